The smallest absolute Gasteiger partial charge is 0.0198 e. The Hall–Kier alpha value is -0.0800. The molecule has 0 amide bonds. The molecule has 2 aliphatic heterocycles. The third kappa shape index (κ3) is 1.31. The second-order valence-electron chi connectivity index (χ2n) is 5.21. The molecule has 0 radical (unpaired) electrons. The molecule has 1 N–H and O–H groups in total. The topological polar surface area (TPSA) is 15.3 Å². The summed E-state index contributed by atoms with van der Waals surface area (Å²) < 4.78 is 0. The van der Waals surface area contributed by atoms with E-state index in [9.17, 15) is 0 Å². The summed E-state index contributed by atoms with van der Waals surface area (Å²) in [6.07, 6.45) is 5.76. The Labute approximate surface area is 80.7 Å². The van der Waals surface area contributed by atoms with Gasteiger partial charge in [-0.2, -0.15) is 0 Å². The van der Waals surface area contributed by atoms with Gasteiger partial charge in [-0.15, -0.1) is 0 Å². The van der Waals surface area contributed by atoms with Gasteiger partial charge in [0, 0.05) is 31.2 Å². The molecule has 2 nitrogen and oxygen atoms in total. The molecule has 2 heterocycles. The highest BCUT2D eigenvalue weighted by Crippen LogP contribution is 2.34. The van der Waals surface area contributed by atoms with E-state index in [1.165, 1.54) is 38.8 Å². The average molecular weight is 180 g/mol. The summed E-state index contributed by atoms with van der Waals surface area (Å²) in [4.78, 5) is 2.76. The third-order valence-electron chi connectivity index (χ3n) is 4.29. The van der Waals surface area contributed by atoms with Crippen LogP contribution < -0.4 is 5.32 Å². The molecule has 0 aromatic heterocycles. The Kier molecular flexibility index (Phi) is 1.88. The normalized spacial score (nSPS) is 50.5. The van der Waals surface area contributed by atoms with Crippen molar-refractivity contribution < 1.29 is 0 Å². The lowest BCUT2D eigenvalue weighted by Crippen LogP contribution is -2.58. The van der Waals surface area contributed by atoms with E-state index in [1.807, 2.05) is 0 Å². The first-order chi connectivity index (χ1) is 6.33. The van der Waals surface area contributed by atoms with Gasteiger partial charge in [-0.3, -0.25) is 4.90 Å². The first-order valence-electron chi connectivity index (χ1n) is 5.83. The van der Waals surface area contributed by atoms with Crippen molar-refractivity contribution in [2.75, 3.05) is 13.1 Å². The van der Waals surface area contributed by atoms with Crippen LogP contribution in [0, 0.1) is 5.92 Å². The lowest BCUT2D eigenvalue weighted by Gasteiger charge is -2.46. The van der Waals surface area contributed by atoms with Gasteiger partial charge in [-0.1, -0.05) is 6.92 Å². The molecule has 13 heavy (non-hydrogen) atoms. The molecule has 1 aliphatic carbocycles. The van der Waals surface area contributed by atoms with E-state index < -0.39 is 0 Å². The summed E-state index contributed by atoms with van der Waals surface area (Å²) >= 11 is 0. The number of nitrogens with one attached hydrogen (secondary N) is 1. The van der Waals surface area contributed by atoms with Crippen LogP contribution in [0.2, 0.25) is 0 Å². The number of piperazine rings is 1. The van der Waals surface area contributed by atoms with Gasteiger partial charge in [-0.05, 0) is 31.6 Å². The summed E-state index contributed by atoms with van der Waals surface area (Å²) in [7, 11) is 0. The summed E-state index contributed by atoms with van der Waals surface area (Å²) in [6, 6.07) is 2.59. The van der Waals surface area contributed by atoms with Crippen LogP contribution in [0.3, 0.4) is 0 Å². The van der Waals surface area contributed by atoms with Crippen LogP contribution in [0.4, 0.5) is 0 Å². The van der Waals surface area contributed by atoms with Crippen molar-refractivity contribution in [1.82, 2.24) is 10.2 Å². The van der Waals surface area contributed by atoms with E-state index in [-0.39, 0.29) is 0 Å². The van der Waals surface area contributed by atoms with Crippen LogP contribution in [0.25, 0.3) is 0 Å². The monoisotopic (exact) mass is 180 g/mol. The molecule has 4 unspecified atom stereocenters. The second kappa shape index (κ2) is 2.96. The fourth-order valence-corrected chi connectivity index (χ4v) is 3.29. The number of hydrogen-bond acceptors (Lipinski definition) is 2. The van der Waals surface area contributed by atoms with E-state index in [0.29, 0.717) is 0 Å². The van der Waals surface area contributed by atoms with E-state index in [0.717, 1.165) is 24.0 Å². The molecule has 2 heteroatoms. The second-order valence-corrected chi connectivity index (χ2v) is 5.21. The van der Waals surface area contributed by atoms with Crippen molar-refractivity contribution in [3.8, 4) is 0 Å². The minimum atomic E-state index is 0.826. The molecule has 2 saturated heterocycles. The van der Waals surface area contributed by atoms with E-state index in [1.54, 1.807) is 0 Å². The van der Waals surface area contributed by atoms with E-state index >= 15 is 0 Å². The standard InChI is InChI=1S/C11H20N2/c1-8-2-5-11(8)13-6-9-3-4-10(7-13)12-9/h8-12H,2-7H2,1H3. The molecule has 74 valence electrons. The van der Waals surface area contributed by atoms with Gasteiger partial charge in [0.1, 0.15) is 0 Å². The maximum absolute atomic E-state index is 3.70. The number of nitrogens with zero attached hydrogens (tertiary/aromatic N) is 1. The maximum Gasteiger partial charge on any atom is 0.0198 e. The molecule has 3 aliphatic rings. The predicted octanol–water partition coefficient (Wildman–Crippen LogP) is 1.22. The average Bonchev–Trinajstić information content (AvgIpc) is 2.43. The Morgan fingerprint density at radius 1 is 1.00 bits per heavy atom. The molecule has 1 saturated carbocycles. The van der Waals surface area contributed by atoms with Crippen LogP contribution in [0.15, 0.2) is 0 Å². The largest absolute Gasteiger partial charge is 0.309 e. The fraction of sp³-hybridized carbons (Fsp3) is 1.00. The minimum absolute atomic E-state index is 0.826. The minimum Gasteiger partial charge on any atom is -0.309 e. The summed E-state index contributed by atoms with van der Waals surface area (Å²) in [6.45, 7) is 5.06. The fourth-order valence-electron chi connectivity index (χ4n) is 3.29. The first kappa shape index (κ1) is 8.25. The Balaban J connectivity index is 1.66. The van der Waals surface area contributed by atoms with Gasteiger partial charge in [-0.25, -0.2) is 0 Å². The Morgan fingerprint density at radius 3 is 2.15 bits per heavy atom. The van der Waals surface area contributed by atoms with Crippen molar-refractivity contribution in [2.45, 2.75) is 50.7 Å². The van der Waals surface area contributed by atoms with Crippen LogP contribution in [0.5, 0.6) is 0 Å². The SMILES string of the molecule is CC1CCC1N1CC2CCC(C1)N2. The van der Waals surface area contributed by atoms with Crippen LogP contribution in [-0.2, 0) is 0 Å². The van der Waals surface area contributed by atoms with Gasteiger partial charge >= 0.3 is 0 Å². The van der Waals surface area contributed by atoms with E-state index in [2.05, 4.69) is 17.1 Å². The Morgan fingerprint density at radius 2 is 1.69 bits per heavy atom. The zero-order valence-electron chi connectivity index (χ0n) is 8.50. The Bertz CT molecular complexity index is 192. The quantitative estimate of drug-likeness (QED) is 0.653. The molecule has 0 aromatic carbocycles. The molecule has 4 atom stereocenters. The zero-order valence-corrected chi connectivity index (χ0v) is 8.50. The van der Waals surface area contributed by atoms with E-state index in [4.69, 9.17) is 0 Å². The van der Waals surface area contributed by atoms with Crippen LogP contribution in [0.1, 0.15) is 32.6 Å². The van der Waals surface area contributed by atoms with Crippen molar-refractivity contribution in [3.63, 3.8) is 0 Å². The molecule has 3 fully saturated rings. The van der Waals surface area contributed by atoms with Gasteiger partial charge in [0.2, 0.25) is 0 Å². The highest BCUT2D eigenvalue weighted by molar-refractivity contribution is 4.97. The third-order valence-corrected chi connectivity index (χ3v) is 4.29. The van der Waals surface area contributed by atoms with Crippen molar-refractivity contribution in [1.29, 1.82) is 0 Å². The number of likely N-dealkylation sites (tertiary alicyclic amines) is 1. The number of hydrogen-bond donors (Lipinski definition) is 1. The van der Waals surface area contributed by atoms with Gasteiger partial charge in [0.05, 0.1) is 0 Å². The molecule has 0 spiro atoms. The van der Waals surface area contributed by atoms with Gasteiger partial charge in [0.25, 0.3) is 0 Å². The summed E-state index contributed by atoms with van der Waals surface area (Å²) in [5.74, 6) is 0.970. The number of fused-ring (bicyclic) bond motifs is 2. The van der Waals surface area contributed by atoms with Crippen LogP contribution in [-0.4, -0.2) is 36.1 Å². The molecule has 2 bridgehead atoms. The lowest BCUT2D eigenvalue weighted by molar-refractivity contribution is 0.0453. The van der Waals surface area contributed by atoms with Crippen LogP contribution >= 0.6 is 0 Å². The summed E-state index contributed by atoms with van der Waals surface area (Å²) in [5.41, 5.74) is 0. The first-order valence-corrected chi connectivity index (χ1v) is 5.83. The van der Waals surface area contributed by atoms with Crippen molar-refractivity contribution in [2.24, 2.45) is 5.92 Å². The van der Waals surface area contributed by atoms with Gasteiger partial charge < -0.3 is 5.32 Å². The zero-order chi connectivity index (χ0) is 8.84. The number of rotatable bonds is 1. The molecular weight excluding hydrogens is 160 g/mol. The van der Waals surface area contributed by atoms with Crippen molar-refractivity contribution in [3.05, 3.63) is 0 Å². The highest BCUT2D eigenvalue weighted by atomic mass is 15.3. The predicted molar refractivity (Wildman–Crippen MR) is 53.7 cm³/mol. The lowest BCUT2D eigenvalue weighted by atomic mass is 9.79. The highest BCUT2D eigenvalue weighted by Gasteiger charge is 2.39. The summed E-state index contributed by atoms with van der Waals surface area (Å²) in [5, 5.41) is 3.70. The molecule has 3 rings (SSSR count). The maximum atomic E-state index is 3.70. The van der Waals surface area contributed by atoms with Crippen molar-refractivity contribution >= 4 is 0 Å². The van der Waals surface area contributed by atoms with Gasteiger partial charge in [0.15, 0.2) is 0 Å². The molecular formula is C11H20N2. The molecule has 0 aromatic rings.